The molecule has 0 radical (unpaired) electrons. The highest BCUT2D eigenvalue weighted by Gasteiger charge is 2.51. The summed E-state index contributed by atoms with van der Waals surface area (Å²) in [4.78, 5) is 11.5. The molecule has 1 aliphatic rings. The molecular formula is C20H20F5N3O5S. The van der Waals surface area contributed by atoms with Crippen molar-refractivity contribution in [3.05, 3.63) is 48.0 Å². The maximum atomic E-state index is 13.7. The number of alkyl halides is 3. The van der Waals surface area contributed by atoms with Gasteiger partial charge in [0.15, 0.2) is 11.6 Å². The normalized spacial score (nSPS) is 16.5. The van der Waals surface area contributed by atoms with Gasteiger partial charge in [-0.2, -0.15) is 13.2 Å². The Morgan fingerprint density at radius 3 is 2.44 bits per heavy atom. The van der Waals surface area contributed by atoms with Crippen LogP contribution in [0.4, 0.5) is 38.1 Å². The van der Waals surface area contributed by atoms with E-state index in [-0.39, 0.29) is 30.2 Å². The van der Waals surface area contributed by atoms with Crippen LogP contribution in [0, 0.1) is 11.6 Å². The maximum Gasteiger partial charge on any atom is 0.427 e. The average molecular weight is 509 g/mol. The van der Waals surface area contributed by atoms with E-state index in [1.807, 2.05) is 0 Å². The summed E-state index contributed by atoms with van der Waals surface area (Å²) in [5.74, 6) is -2.59. The number of amides is 1. The van der Waals surface area contributed by atoms with Crippen molar-refractivity contribution >= 4 is 27.5 Å². The molecule has 34 heavy (non-hydrogen) atoms. The van der Waals surface area contributed by atoms with Gasteiger partial charge in [-0.25, -0.2) is 22.0 Å². The van der Waals surface area contributed by atoms with Crippen LogP contribution in [0.1, 0.15) is 13.8 Å². The summed E-state index contributed by atoms with van der Waals surface area (Å²) < 4.78 is 103. The van der Waals surface area contributed by atoms with Crippen molar-refractivity contribution in [1.82, 2.24) is 0 Å². The third-order valence-corrected chi connectivity index (χ3v) is 6.69. The fourth-order valence-electron chi connectivity index (χ4n) is 2.94. The molecule has 3 N–H and O–H groups in total. The van der Waals surface area contributed by atoms with Crippen molar-refractivity contribution in [1.29, 1.82) is 0 Å². The van der Waals surface area contributed by atoms with Crippen molar-refractivity contribution < 1.29 is 44.6 Å². The van der Waals surface area contributed by atoms with E-state index in [0.29, 0.717) is 26.0 Å². The smallest absolute Gasteiger partial charge is 0.427 e. The molecule has 0 aliphatic carbocycles. The summed E-state index contributed by atoms with van der Waals surface area (Å²) in [6, 6.07) is 5.69. The number of nitrogens with two attached hydrogens (primary N) is 1. The first-order valence-electron chi connectivity index (χ1n) is 9.71. The van der Waals surface area contributed by atoms with Gasteiger partial charge in [0, 0.05) is 12.2 Å². The van der Waals surface area contributed by atoms with E-state index in [2.05, 4.69) is 10.1 Å². The number of nitrogens with one attached hydrogen (secondary N) is 1. The van der Waals surface area contributed by atoms with Crippen LogP contribution >= 0.6 is 0 Å². The number of hydrogen-bond acceptors (Lipinski definition) is 6. The van der Waals surface area contributed by atoms with Crippen molar-refractivity contribution in [3.63, 3.8) is 0 Å². The van der Waals surface area contributed by atoms with Crippen LogP contribution in [0.15, 0.2) is 41.3 Å². The molecule has 8 nitrogen and oxygen atoms in total. The van der Waals surface area contributed by atoms with E-state index in [1.165, 1.54) is 12.1 Å². The lowest BCUT2D eigenvalue weighted by molar-refractivity contribution is -0.242. The van der Waals surface area contributed by atoms with Gasteiger partial charge in [0.25, 0.3) is 10.0 Å². The molecule has 0 aromatic heterocycles. The minimum atomic E-state index is -4.83. The molecule has 0 saturated heterocycles. The first-order chi connectivity index (χ1) is 15.7. The van der Waals surface area contributed by atoms with Crippen molar-refractivity contribution in [2.75, 3.05) is 22.7 Å². The molecule has 14 heteroatoms. The third kappa shape index (κ3) is 5.01. The summed E-state index contributed by atoms with van der Waals surface area (Å²) in [5, 5.41) is 2.10. The second kappa shape index (κ2) is 8.91. The zero-order chi connectivity index (χ0) is 25.5. The number of sulfonamides is 1. The second-order valence-corrected chi connectivity index (χ2v) is 9.66. The molecule has 2 aromatic rings. The van der Waals surface area contributed by atoms with Crippen LogP contribution in [-0.2, 0) is 14.8 Å². The highest BCUT2D eigenvalue weighted by atomic mass is 32.2. The Labute approximate surface area is 191 Å². The van der Waals surface area contributed by atoms with Crippen molar-refractivity contribution in [3.8, 4) is 5.75 Å². The molecule has 186 valence electrons. The van der Waals surface area contributed by atoms with Crippen LogP contribution in [0.2, 0.25) is 0 Å². The van der Waals surface area contributed by atoms with E-state index in [9.17, 15) is 35.2 Å². The molecule has 0 spiro atoms. The SMILES string of the molecule is CC(C)(OC(=O)Nc1ccc2c(c1)N(S(=O)(=O)c1ccc(F)c(F)c1)CC(CN)O2)C(F)(F)F. The Balaban J connectivity index is 1.96. The number of fused-ring (bicyclic) bond motifs is 1. The zero-order valence-corrected chi connectivity index (χ0v) is 18.6. The second-order valence-electron chi connectivity index (χ2n) is 7.79. The third-order valence-electron chi connectivity index (χ3n) is 4.91. The highest BCUT2D eigenvalue weighted by Crippen LogP contribution is 2.39. The minimum absolute atomic E-state index is 0.0300. The lowest BCUT2D eigenvalue weighted by Crippen LogP contribution is -2.46. The molecule has 0 saturated carbocycles. The number of nitrogens with zero attached hydrogens (tertiary/aromatic N) is 1. The van der Waals surface area contributed by atoms with Crippen LogP contribution < -0.4 is 20.1 Å². The highest BCUT2D eigenvalue weighted by molar-refractivity contribution is 7.92. The van der Waals surface area contributed by atoms with Gasteiger partial charge in [-0.15, -0.1) is 0 Å². The van der Waals surface area contributed by atoms with Gasteiger partial charge in [0.05, 0.1) is 17.1 Å². The van der Waals surface area contributed by atoms with Gasteiger partial charge in [-0.3, -0.25) is 9.62 Å². The molecule has 2 aromatic carbocycles. The van der Waals surface area contributed by atoms with Crippen LogP contribution in [-0.4, -0.2) is 45.5 Å². The molecule has 1 aliphatic heterocycles. The summed E-state index contributed by atoms with van der Waals surface area (Å²) in [6.45, 7) is 0.939. The van der Waals surface area contributed by atoms with Gasteiger partial charge in [0.1, 0.15) is 11.9 Å². The van der Waals surface area contributed by atoms with Gasteiger partial charge in [0.2, 0.25) is 5.60 Å². The molecule has 1 atom stereocenters. The predicted molar refractivity (Wildman–Crippen MR) is 111 cm³/mol. The Hall–Kier alpha value is -3.13. The number of rotatable bonds is 5. The number of ether oxygens (including phenoxy) is 2. The van der Waals surface area contributed by atoms with Crippen molar-refractivity contribution in [2.24, 2.45) is 5.73 Å². The Kier molecular flexibility index (Phi) is 6.68. The maximum absolute atomic E-state index is 13.7. The summed E-state index contributed by atoms with van der Waals surface area (Å²) >= 11 is 0. The van der Waals surface area contributed by atoms with E-state index >= 15 is 0 Å². The van der Waals surface area contributed by atoms with E-state index in [1.54, 1.807) is 0 Å². The number of carbonyl (C=O) groups is 1. The predicted octanol–water partition coefficient (Wildman–Crippen LogP) is 3.77. The number of benzene rings is 2. The molecule has 1 unspecified atom stereocenters. The number of anilines is 2. The van der Waals surface area contributed by atoms with Gasteiger partial charge in [-0.1, -0.05) is 0 Å². The number of hydrogen-bond donors (Lipinski definition) is 2. The Bertz CT molecular complexity index is 1200. The first-order valence-corrected chi connectivity index (χ1v) is 11.1. The van der Waals surface area contributed by atoms with E-state index < -0.39 is 50.5 Å². The van der Waals surface area contributed by atoms with Gasteiger partial charge < -0.3 is 15.2 Å². The lowest BCUT2D eigenvalue weighted by atomic mass is 10.1. The van der Waals surface area contributed by atoms with Crippen molar-refractivity contribution in [2.45, 2.75) is 36.6 Å². The number of carbonyl (C=O) groups excluding carboxylic acids is 1. The van der Waals surface area contributed by atoms with E-state index in [0.717, 1.165) is 16.4 Å². The van der Waals surface area contributed by atoms with E-state index in [4.69, 9.17) is 10.5 Å². The Morgan fingerprint density at radius 1 is 1.18 bits per heavy atom. The summed E-state index contributed by atoms with van der Waals surface area (Å²) in [7, 11) is -4.45. The van der Waals surface area contributed by atoms with Gasteiger partial charge >= 0.3 is 12.3 Å². The fourth-order valence-corrected chi connectivity index (χ4v) is 4.45. The van der Waals surface area contributed by atoms with Gasteiger partial charge in [-0.05, 0) is 50.2 Å². The largest absolute Gasteiger partial charge is 0.485 e. The summed E-state index contributed by atoms with van der Waals surface area (Å²) in [6.07, 6.45) is -7.06. The molecular weight excluding hydrogens is 489 g/mol. The minimum Gasteiger partial charge on any atom is -0.485 e. The summed E-state index contributed by atoms with van der Waals surface area (Å²) in [5.41, 5.74) is 2.61. The van der Waals surface area contributed by atoms with Crippen LogP contribution in [0.3, 0.4) is 0 Å². The Morgan fingerprint density at radius 2 is 1.85 bits per heavy atom. The fraction of sp³-hybridized carbons (Fsp3) is 0.350. The van der Waals surface area contributed by atoms with Crippen LogP contribution in [0.5, 0.6) is 5.75 Å². The molecule has 0 fully saturated rings. The quantitative estimate of drug-likeness (QED) is 0.594. The zero-order valence-electron chi connectivity index (χ0n) is 17.8. The molecule has 3 rings (SSSR count). The molecule has 1 heterocycles. The number of halogens is 5. The molecule has 1 amide bonds. The standard InChI is InChI=1S/C20H20F5N3O5S/c1-19(2,20(23,24)25)33-18(29)27-11-3-6-17-16(7-11)28(10-12(9-26)32-17)34(30,31)13-4-5-14(21)15(22)8-13/h3-8,12H,9-10,26H2,1-2H3,(H,27,29). The lowest BCUT2D eigenvalue weighted by Gasteiger charge is -2.35. The first kappa shape index (κ1) is 25.5. The monoisotopic (exact) mass is 509 g/mol. The molecule has 0 bridgehead atoms. The van der Waals surface area contributed by atoms with Crippen LogP contribution in [0.25, 0.3) is 0 Å². The topological polar surface area (TPSA) is 111 Å². The average Bonchev–Trinajstić information content (AvgIpc) is 2.73.